The minimum atomic E-state index is -3.78. The monoisotopic (exact) mass is 483 g/mol. The number of nitrogens with zero attached hydrogens (tertiary/aromatic N) is 1. The number of esters is 1. The largest absolute Gasteiger partial charge is 0.497 e. The van der Waals surface area contributed by atoms with Gasteiger partial charge in [0, 0.05) is 18.2 Å². The number of hydrogen-bond acceptors (Lipinski definition) is 7. The molecular formula is C25H25NO7S. The van der Waals surface area contributed by atoms with Crippen LogP contribution in [-0.2, 0) is 21.2 Å². The maximum Gasteiger partial charge on any atom is 0.315 e. The van der Waals surface area contributed by atoms with Gasteiger partial charge in [-0.25, -0.2) is 8.42 Å². The van der Waals surface area contributed by atoms with Gasteiger partial charge in [0.25, 0.3) is 10.0 Å². The van der Waals surface area contributed by atoms with Gasteiger partial charge in [0.15, 0.2) is 5.78 Å². The molecule has 0 N–H and O–H groups in total. The molecule has 0 heterocycles. The van der Waals surface area contributed by atoms with Crippen molar-refractivity contribution in [2.45, 2.75) is 18.2 Å². The molecule has 0 aromatic heterocycles. The van der Waals surface area contributed by atoms with Gasteiger partial charge in [0.05, 0.1) is 31.2 Å². The van der Waals surface area contributed by atoms with E-state index in [1.807, 2.05) is 0 Å². The summed E-state index contributed by atoms with van der Waals surface area (Å²) in [4.78, 5) is 24.2. The van der Waals surface area contributed by atoms with Crippen LogP contribution in [0.3, 0.4) is 0 Å². The van der Waals surface area contributed by atoms with Crippen LogP contribution in [0, 0.1) is 0 Å². The SMILES string of the molecule is COc1ccc(S(=O)(=O)N(C)c2ccc(OC(=O)Cc3cc(C(C)=O)ccc3OC)cc2)cc1. The molecule has 0 spiro atoms. The number of ether oxygens (including phenoxy) is 3. The molecule has 0 fully saturated rings. The summed E-state index contributed by atoms with van der Waals surface area (Å²) in [6.07, 6.45) is -0.0994. The maximum atomic E-state index is 12.9. The summed E-state index contributed by atoms with van der Waals surface area (Å²) in [5.41, 5.74) is 1.39. The Labute approximate surface area is 198 Å². The van der Waals surface area contributed by atoms with Gasteiger partial charge in [0.2, 0.25) is 0 Å². The molecule has 3 aromatic rings. The summed E-state index contributed by atoms with van der Waals surface area (Å²) < 4.78 is 42.7. The highest BCUT2D eigenvalue weighted by molar-refractivity contribution is 7.92. The van der Waals surface area contributed by atoms with Crippen LogP contribution in [0.25, 0.3) is 0 Å². The highest BCUT2D eigenvalue weighted by atomic mass is 32.2. The molecule has 0 amide bonds. The molecule has 3 aromatic carbocycles. The van der Waals surface area contributed by atoms with E-state index < -0.39 is 16.0 Å². The van der Waals surface area contributed by atoms with Crippen molar-refractivity contribution in [3.05, 3.63) is 77.9 Å². The van der Waals surface area contributed by atoms with Crippen LogP contribution in [-0.4, -0.2) is 41.4 Å². The average Bonchev–Trinajstić information content (AvgIpc) is 2.83. The Bertz CT molecular complexity index is 1280. The van der Waals surface area contributed by atoms with E-state index in [0.29, 0.717) is 28.3 Å². The van der Waals surface area contributed by atoms with E-state index in [2.05, 4.69) is 0 Å². The van der Waals surface area contributed by atoms with Gasteiger partial charge in [0.1, 0.15) is 17.2 Å². The van der Waals surface area contributed by atoms with Gasteiger partial charge in [-0.2, -0.15) is 0 Å². The Morgan fingerprint density at radius 1 is 0.853 bits per heavy atom. The van der Waals surface area contributed by atoms with Crippen LogP contribution in [0.5, 0.6) is 17.2 Å². The van der Waals surface area contributed by atoms with Crippen LogP contribution < -0.4 is 18.5 Å². The number of methoxy groups -OCH3 is 2. The van der Waals surface area contributed by atoms with Crippen molar-refractivity contribution in [3.8, 4) is 17.2 Å². The van der Waals surface area contributed by atoms with Crippen LogP contribution in [0.4, 0.5) is 5.69 Å². The third-order valence-electron chi connectivity index (χ3n) is 5.17. The second-order valence-corrected chi connectivity index (χ2v) is 9.34. The Morgan fingerprint density at radius 3 is 2.03 bits per heavy atom. The number of anilines is 1. The smallest absolute Gasteiger partial charge is 0.315 e. The van der Waals surface area contributed by atoms with Gasteiger partial charge in [-0.3, -0.25) is 13.9 Å². The van der Waals surface area contributed by atoms with Crippen molar-refractivity contribution >= 4 is 27.5 Å². The van der Waals surface area contributed by atoms with Crippen molar-refractivity contribution in [1.82, 2.24) is 0 Å². The van der Waals surface area contributed by atoms with Crippen molar-refractivity contribution in [2.75, 3.05) is 25.6 Å². The van der Waals surface area contributed by atoms with Crippen LogP contribution in [0.15, 0.2) is 71.6 Å². The Balaban J connectivity index is 1.71. The van der Waals surface area contributed by atoms with Crippen molar-refractivity contribution in [1.29, 1.82) is 0 Å². The molecule has 8 nitrogen and oxygen atoms in total. The molecule has 0 saturated heterocycles. The quantitative estimate of drug-likeness (QED) is 0.259. The number of ketones is 1. The topological polar surface area (TPSA) is 99.2 Å². The van der Waals surface area contributed by atoms with Crippen LogP contribution >= 0.6 is 0 Å². The lowest BCUT2D eigenvalue weighted by atomic mass is 10.0. The van der Waals surface area contributed by atoms with E-state index >= 15 is 0 Å². The summed E-state index contributed by atoms with van der Waals surface area (Å²) in [5, 5.41) is 0. The zero-order valence-corrected chi connectivity index (χ0v) is 20.1. The zero-order valence-electron chi connectivity index (χ0n) is 19.3. The molecule has 3 rings (SSSR count). The van der Waals surface area contributed by atoms with Crippen molar-refractivity contribution in [2.24, 2.45) is 0 Å². The Kier molecular flexibility index (Phi) is 7.57. The first-order valence-electron chi connectivity index (χ1n) is 10.3. The highest BCUT2D eigenvalue weighted by Gasteiger charge is 2.21. The molecule has 0 radical (unpaired) electrons. The second kappa shape index (κ2) is 10.4. The average molecular weight is 484 g/mol. The molecule has 0 aliphatic heterocycles. The molecular weight excluding hydrogens is 458 g/mol. The third kappa shape index (κ3) is 5.55. The molecule has 0 aliphatic carbocycles. The van der Waals surface area contributed by atoms with E-state index in [1.165, 1.54) is 52.5 Å². The number of sulfonamides is 1. The van der Waals surface area contributed by atoms with Crippen LogP contribution in [0.1, 0.15) is 22.8 Å². The van der Waals surface area contributed by atoms with E-state index in [0.717, 1.165) is 4.31 Å². The van der Waals surface area contributed by atoms with Gasteiger partial charge in [-0.1, -0.05) is 0 Å². The first-order chi connectivity index (χ1) is 16.1. The first kappa shape index (κ1) is 24.8. The normalized spacial score (nSPS) is 10.9. The lowest BCUT2D eigenvalue weighted by Gasteiger charge is -2.20. The summed E-state index contributed by atoms with van der Waals surface area (Å²) in [5.74, 6) is 0.610. The number of carbonyl (C=O) groups is 2. The van der Waals surface area contributed by atoms with Crippen molar-refractivity contribution < 1.29 is 32.2 Å². The number of rotatable bonds is 9. The molecule has 178 valence electrons. The predicted octanol–water partition coefficient (Wildman–Crippen LogP) is 3.88. The minimum absolute atomic E-state index is 0.0994. The molecule has 0 aliphatic rings. The van der Waals surface area contributed by atoms with Gasteiger partial charge in [-0.15, -0.1) is 0 Å². The van der Waals surface area contributed by atoms with Crippen molar-refractivity contribution in [3.63, 3.8) is 0 Å². The molecule has 0 atom stereocenters. The highest BCUT2D eigenvalue weighted by Crippen LogP contribution is 2.26. The number of benzene rings is 3. The van der Waals surface area contributed by atoms with Gasteiger partial charge in [-0.05, 0) is 73.7 Å². The number of Topliss-reactive ketones (excluding diaryl/α,β-unsaturated/α-hetero) is 1. The fourth-order valence-corrected chi connectivity index (χ4v) is 4.42. The first-order valence-corrected chi connectivity index (χ1v) is 11.7. The van der Waals surface area contributed by atoms with Gasteiger partial charge < -0.3 is 14.2 Å². The van der Waals surface area contributed by atoms with Crippen LogP contribution in [0.2, 0.25) is 0 Å². The maximum absolute atomic E-state index is 12.9. The van der Waals surface area contributed by atoms with Gasteiger partial charge >= 0.3 is 5.97 Å². The Morgan fingerprint density at radius 2 is 1.47 bits per heavy atom. The summed E-state index contributed by atoms with van der Waals surface area (Å²) in [6, 6.07) is 17.1. The molecule has 34 heavy (non-hydrogen) atoms. The lowest BCUT2D eigenvalue weighted by molar-refractivity contribution is -0.133. The molecule has 0 saturated carbocycles. The fraction of sp³-hybridized carbons (Fsp3) is 0.200. The minimum Gasteiger partial charge on any atom is -0.497 e. The zero-order chi connectivity index (χ0) is 24.9. The second-order valence-electron chi connectivity index (χ2n) is 7.38. The molecule has 0 bridgehead atoms. The molecule has 0 unspecified atom stereocenters. The van der Waals surface area contributed by atoms with E-state index in [9.17, 15) is 18.0 Å². The standard InChI is InChI=1S/C25H25NO7S/c1-17(27)18-5-14-24(32-4)19(15-18)16-25(28)33-22-8-6-20(7-9-22)26(2)34(29,30)23-12-10-21(31-3)11-13-23/h5-15H,16H2,1-4H3. The summed E-state index contributed by atoms with van der Waals surface area (Å²) in [6.45, 7) is 1.44. The number of carbonyl (C=O) groups excluding carboxylic acids is 2. The predicted molar refractivity (Wildman–Crippen MR) is 127 cm³/mol. The number of hydrogen-bond donors (Lipinski definition) is 0. The fourth-order valence-electron chi connectivity index (χ4n) is 3.23. The van der Waals surface area contributed by atoms with E-state index in [-0.39, 0.29) is 22.8 Å². The van der Waals surface area contributed by atoms with E-state index in [1.54, 1.807) is 42.5 Å². The summed E-state index contributed by atoms with van der Waals surface area (Å²) >= 11 is 0. The molecule has 9 heteroatoms. The Hall–Kier alpha value is -3.85. The lowest BCUT2D eigenvalue weighted by Crippen LogP contribution is -2.26. The summed E-state index contributed by atoms with van der Waals surface area (Å²) in [7, 11) is 0.638. The van der Waals surface area contributed by atoms with E-state index in [4.69, 9.17) is 14.2 Å². The third-order valence-corrected chi connectivity index (χ3v) is 6.97.